The van der Waals surface area contributed by atoms with Gasteiger partial charge >= 0.3 is 5.97 Å². The van der Waals surface area contributed by atoms with Gasteiger partial charge < -0.3 is 21.1 Å². The summed E-state index contributed by atoms with van der Waals surface area (Å²) in [6.45, 7) is 2.07. The molecule has 1 aliphatic rings. The van der Waals surface area contributed by atoms with Crippen LogP contribution in [0, 0.1) is 5.41 Å². The number of benzene rings is 1. The summed E-state index contributed by atoms with van der Waals surface area (Å²) < 4.78 is 0. The van der Waals surface area contributed by atoms with Gasteiger partial charge in [-0.15, -0.1) is 0 Å². The van der Waals surface area contributed by atoms with Gasteiger partial charge in [-0.25, -0.2) is 0 Å². The van der Waals surface area contributed by atoms with E-state index in [1.54, 1.807) is 31.2 Å². The molecule has 0 radical (unpaired) electrons. The fourth-order valence-corrected chi connectivity index (χ4v) is 3.15. The van der Waals surface area contributed by atoms with E-state index in [0.29, 0.717) is 25.1 Å². The van der Waals surface area contributed by atoms with Crippen LogP contribution in [0.15, 0.2) is 24.3 Å². The number of aliphatic carboxylic acids is 1. The molecule has 2 atom stereocenters. The van der Waals surface area contributed by atoms with Crippen molar-refractivity contribution in [1.29, 1.82) is 5.41 Å². The van der Waals surface area contributed by atoms with Gasteiger partial charge in [-0.05, 0) is 31.7 Å². The molecule has 9 heteroatoms. The number of amides is 2. The van der Waals surface area contributed by atoms with E-state index in [9.17, 15) is 14.4 Å². The zero-order valence-corrected chi connectivity index (χ0v) is 15.9. The maximum Gasteiger partial charge on any atom is 0.317 e. The summed E-state index contributed by atoms with van der Waals surface area (Å²) >= 11 is 0. The topological polar surface area (TPSA) is 149 Å². The van der Waals surface area contributed by atoms with Gasteiger partial charge in [0, 0.05) is 18.7 Å². The summed E-state index contributed by atoms with van der Waals surface area (Å²) in [4.78, 5) is 37.6. The molecule has 1 aromatic carbocycles. The van der Waals surface area contributed by atoms with Crippen molar-refractivity contribution >= 4 is 23.6 Å². The van der Waals surface area contributed by atoms with Crippen LogP contribution >= 0.6 is 0 Å². The van der Waals surface area contributed by atoms with E-state index >= 15 is 0 Å². The fourth-order valence-electron chi connectivity index (χ4n) is 3.15. The van der Waals surface area contributed by atoms with E-state index in [0.717, 1.165) is 18.4 Å². The van der Waals surface area contributed by atoms with E-state index in [-0.39, 0.29) is 24.2 Å². The van der Waals surface area contributed by atoms with Crippen LogP contribution in [-0.2, 0) is 20.9 Å². The molecule has 6 N–H and O–H groups in total. The Labute approximate surface area is 163 Å². The average molecular weight is 389 g/mol. The molecule has 1 aromatic rings. The molecule has 2 rings (SSSR count). The van der Waals surface area contributed by atoms with E-state index in [1.165, 1.54) is 4.90 Å². The highest BCUT2D eigenvalue weighted by Gasteiger charge is 2.34. The van der Waals surface area contributed by atoms with Crippen LogP contribution in [0.3, 0.4) is 0 Å². The molecule has 2 amide bonds. The Kier molecular flexibility index (Phi) is 7.51. The van der Waals surface area contributed by atoms with Crippen molar-refractivity contribution in [1.82, 2.24) is 15.5 Å². The zero-order chi connectivity index (χ0) is 20.7. The zero-order valence-electron chi connectivity index (χ0n) is 15.9. The van der Waals surface area contributed by atoms with Crippen molar-refractivity contribution in [3.8, 4) is 0 Å². The number of hydrogen-bond donors (Lipinski definition) is 5. The minimum Gasteiger partial charge on any atom is -0.480 e. The second kappa shape index (κ2) is 9.84. The third-order valence-corrected chi connectivity index (χ3v) is 4.75. The molecule has 1 saturated heterocycles. The number of likely N-dealkylation sites (tertiary alicyclic amines) is 1. The van der Waals surface area contributed by atoms with Crippen LogP contribution in [0.2, 0.25) is 0 Å². The van der Waals surface area contributed by atoms with Gasteiger partial charge in [-0.3, -0.25) is 25.1 Å². The number of nitrogens with one attached hydrogen (secondary N) is 3. The highest BCUT2D eigenvalue weighted by Crippen LogP contribution is 2.18. The standard InChI is InChI=1S/C19H27N5O4/c1-12(22-11-16(25)26)19(28)24-9-3-2-4-15(24)18(27)23-10-13-5-7-14(8-6-13)17(20)21/h5-8,12,15,22H,2-4,9-11H2,1H3,(H3,20,21)(H,23,27)(H,25,26)/t12-,15-/m1/s1. The van der Waals surface area contributed by atoms with E-state index in [2.05, 4.69) is 10.6 Å². The number of carbonyl (C=O) groups is 3. The van der Waals surface area contributed by atoms with Crippen LogP contribution < -0.4 is 16.4 Å². The maximum atomic E-state index is 12.7. The number of carbonyl (C=O) groups excluding carboxylic acids is 2. The molecule has 0 unspecified atom stereocenters. The largest absolute Gasteiger partial charge is 0.480 e. The molecule has 0 bridgehead atoms. The molecule has 1 aliphatic heterocycles. The predicted octanol–water partition coefficient (Wildman–Crippen LogP) is 0.0307. The summed E-state index contributed by atoms with van der Waals surface area (Å²) in [5, 5.41) is 21.7. The van der Waals surface area contributed by atoms with E-state index < -0.39 is 18.1 Å². The van der Waals surface area contributed by atoms with Gasteiger partial charge in [0.2, 0.25) is 11.8 Å². The lowest BCUT2D eigenvalue weighted by Gasteiger charge is -2.36. The summed E-state index contributed by atoms with van der Waals surface area (Å²) in [5.41, 5.74) is 6.91. The molecule has 9 nitrogen and oxygen atoms in total. The quantitative estimate of drug-likeness (QED) is 0.313. The molecule has 28 heavy (non-hydrogen) atoms. The highest BCUT2D eigenvalue weighted by molar-refractivity contribution is 5.95. The number of carboxylic acids is 1. The van der Waals surface area contributed by atoms with Gasteiger partial charge in [0.1, 0.15) is 11.9 Å². The highest BCUT2D eigenvalue weighted by atomic mass is 16.4. The van der Waals surface area contributed by atoms with Crippen molar-refractivity contribution in [3.05, 3.63) is 35.4 Å². The van der Waals surface area contributed by atoms with Crippen LogP contribution in [0.1, 0.15) is 37.3 Å². The van der Waals surface area contributed by atoms with Crippen molar-refractivity contribution in [2.24, 2.45) is 5.73 Å². The minimum absolute atomic E-state index is 0.0161. The number of nitrogens with two attached hydrogens (primary N) is 1. The molecule has 0 spiro atoms. The molecule has 1 fully saturated rings. The lowest BCUT2D eigenvalue weighted by atomic mass is 10.00. The minimum atomic E-state index is -1.04. The van der Waals surface area contributed by atoms with Gasteiger partial charge in [0.05, 0.1) is 12.6 Å². The summed E-state index contributed by atoms with van der Waals surface area (Å²) in [5.74, 6) is -1.55. The number of nitrogen functional groups attached to an aromatic ring is 1. The third kappa shape index (κ3) is 5.78. The Bertz CT molecular complexity index is 734. The number of hydrogen-bond acceptors (Lipinski definition) is 5. The van der Waals surface area contributed by atoms with Gasteiger partial charge in [0.15, 0.2) is 0 Å². The first-order valence-corrected chi connectivity index (χ1v) is 9.26. The Hall–Kier alpha value is -2.94. The van der Waals surface area contributed by atoms with Crippen LogP contribution in [0.4, 0.5) is 0 Å². The van der Waals surface area contributed by atoms with Crippen LogP contribution in [0.25, 0.3) is 0 Å². The van der Waals surface area contributed by atoms with E-state index in [1.807, 2.05) is 0 Å². The third-order valence-electron chi connectivity index (χ3n) is 4.75. The molecule has 0 aromatic heterocycles. The molecular weight excluding hydrogens is 362 g/mol. The van der Waals surface area contributed by atoms with Crippen molar-refractivity contribution in [3.63, 3.8) is 0 Å². The molecule has 0 saturated carbocycles. The SMILES string of the molecule is C[C@@H](NCC(=O)O)C(=O)N1CCCC[C@@H]1C(=O)NCc1ccc(C(=N)N)cc1. The smallest absolute Gasteiger partial charge is 0.317 e. The molecule has 0 aliphatic carbocycles. The van der Waals surface area contributed by atoms with Crippen LogP contribution in [-0.4, -0.2) is 58.8 Å². The number of nitrogens with zero attached hydrogens (tertiary/aromatic N) is 1. The number of amidine groups is 1. The Morgan fingerprint density at radius 1 is 1.29 bits per heavy atom. The fraction of sp³-hybridized carbons (Fsp3) is 0.474. The monoisotopic (exact) mass is 389 g/mol. The number of carboxylic acid groups (broad SMARTS) is 1. The summed E-state index contributed by atoms with van der Waals surface area (Å²) in [7, 11) is 0. The van der Waals surface area contributed by atoms with E-state index in [4.69, 9.17) is 16.2 Å². The maximum absolute atomic E-state index is 12.7. The Morgan fingerprint density at radius 3 is 2.57 bits per heavy atom. The summed E-state index contributed by atoms with van der Waals surface area (Å²) in [6.07, 6.45) is 2.24. The second-order valence-electron chi connectivity index (χ2n) is 6.87. The van der Waals surface area contributed by atoms with Crippen molar-refractivity contribution < 1.29 is 19.5 Å². The molecule has 152 valence electrons. The van der Waals surface area contributed by atoms with Gasteiger partial charge in [-0.2, -0.15) is 0 Å². The first-order chi connectivity index (χ1) is 13.3. The van der Waals surface area contributed by atoms with Crippen molar-refractivity contribution in [2.45, 2.75) is 44.8 Å². The molecule has 1 heterocycles. The van der Waals surface area contributed by atoms with Crippen molar-refractivity contribution in [2.75, 3.05) is 13.1 Å². The van der Waals surface area contributed by atoms with Gasteiger partial charge in [0.25, 0.3) is 0 Å². The normalized spacial score (nSPS) is 17.6. The average Bonchev–Trinajstić information content (AvgIpc) is 2.69. The Morgan fingerprint density at radius 2 is 1.96 bits per heavy atom. The lowest BCUT2D eigenvalue weighted by molar-refractivity contribution is -0.144. The lowest BCUT2D eigenvalue weighted by Crippen LogP contribution is -2.56. The number of rotatable bonds is 8. The van der Waals surface area contributed by atoms with Gasteiger partial charge in [-0.1, -0.05) is 24.3 Å². The Balaban J connectivity index is 1.96. The molecular formula is C19H27N5O4. The predicted molar refractivity (Wildman–Crippen MR) is 104 cm³/mol. The summed E-state index contributed by atoms with van der Waals surface area (Å²) in [6, 6.07) is 5.78. The first kappa shape index (κ1) is 21.4. The first-order valence-electron chi connectivity index (χ1n) is 9.26. The van der Waals surface area contributed by atoms with Crippen LogP contribution in [0.5, 0.6) is 0 Å². The second-order valence-corrected chi connectivity index (χ2v) is 6.87. The number of piperidine rings is 1.